The standard InChI is InChI=1S/C54H36N2O/c1-54(47-22-8-5-19-43(47)44-20-6-9-23-48(44)54)42-18-12-16-39(32-42)38-15-11-17-41(31-38)50-34-49(55-53(56-50)37-13-3-2-4-14-37)36-27-25-35(26-28-36)40-29-30-52-46(33-40)45-21-7-10-24-51(45)57-52/h2-34H,1H3. The molecule has 0 amide bonds. The van der Waals surface area contributed by atoms with Gasteiger partial charge in [0.2, 0.25) is 0 Å². The van der Waals surface area contributed by atoms with Crippen LogP contribution in [-0.2, 0) is 5.41 Å². The minimum absolute atomic E-state index is 0.261. The molecule has 2 heterocycles. The Balaban J connectivity index is 0.972. The molecule has 3 nitrogen and oxygen atoms in total. The first-order chi connectivity index (χ1) is 28.1. The Bertz CT molecular complexity index is 3090. The van der Waals surface area contributed by atoms with E-state index in [1.807, 2.05) is 30.3 Å². The quantitative estimate of drug-likeness (QED) is 0.171. The summed E-state index contributed by atoms with van der Waals surface area (Å²) in [7, 11) is 0. The molecule has 0 aliphatic heterocycles. The van der Waals surface area contributed by atoms with E-state index in [0.29, 0.717) is 5.82 Å². The zero-order valence-corrected chi connectivity index (χ0v) is 31.4. The van der Waals surface area contributed by atoms with E-state index >= 15 is 0 Å². The van der Waals surface area contributed by atoms with Gasteiger partial charge >= 0.3 is 0 Å². The van der Waals surface area contributed by atoms with E-state index in [9.17, 15) is 0 Å². The Morgan fingerprint density at radius 3 is 1.68 bits per heavy atom. The van der Waals surface area contributed by atoms with E-state index in [1.54, 1.807) is 0 Å². The number of para-hydroxylation sites is 1. The van der Waals surface area contributed by atoms with Crippen LogP contribution in [0.4, 0.5) is 0 Å². The van der Waals surface area contributed by atoms with Crippen LogP contribution in [0.3, 0.4) is 0 Å². The van der Waals surface area contributed by atoms with Gasteiger partial charge in [0.1, 0.15) is 11.2 Å². The van der Waals surface area contributed by atoms with Crippen molar-refractivity contribution < 1.29 is 4.42 Å². The minimum atomic E-state index is -0.261. The monoisotopic (exact) mass is 728 g/mol. The average Bonchev–Trinajstić information content (AvgIpc) is 3.79. The molecule has 0 spiro atoms. The number of hydrogen-bond acceptors (Lipinski definition) is 3. The van der Waals surface area contributed by atoms with E-state index in [4.69, 9.17) is 14.4 Å². The molecule has 0 saturated carbocycles. The van der Waals surface area contributed by atoms with Crippen LogP contribution in [0.5, 0.6) is 0 Å². The van der Waals surface area contributed by atoms with Crippen molar-refractivity contribution in [3.8, 4) is 67.3 Å². The fourth-order valence-electron chi connectivity index (χ4n) is 8.83. The van der Waals surface area contributed by atoms with Gasteiger partial charge in [-0.3, -0.25) is 0 Å². The summed E-state index contributed by atoms with van der Waals surface area (Å²) in [6.45, 7) is 2.37. The third kappa shape index (κ3) is 5.50. The molecule has 0 unspecified atom stereocenters. The van der Waals surface area contributed by atoms with Crippen molar-refractivity contribution in [2.45, 2.75) is 12.3 Å². The van der Waals surface area contributed by atoms with Crippen molar-refractivity contribution in [2.75, 3.05) is 0 Å². The molecule has 0 bridgehead atoms. The number of hydrogen-bond donors (Lipinski definition) is 0. The first-order valence-electron chi connectivity index (χ1n) is 19.5. The van der Waals surface area contributed by atoms with Crippen molar-refractivity contribution in [1.82, 2.24) is 9.97 Å². The van der Waals surface area contributed by atoms with Gasteiger partial charge in [0.15, 0.2) is 5.82 Å². The van der Waals surface area contributed by atoms with Gasteiger partial charge in [-0.1, -0.05) is 164 Å². The lowest BCUT2D eigenvalue weighted by Gasteiger charge is -2.28. The average molecular weight is 729 g/mol. The van der Waals surface area contributed by atoms with Gasteiger partial charge < -0.3 is 4.42 Å². The van der Waals surface area contributed by atoms with Gasteiger partial charge in [0, 0.05) is 32.9 Å². The van der Waals surface area contributed by atoms with Crippen LogP contribution in [0.1, 0.15) is 23.6 Å². The minimum Gasteiger partial charge on any atom is -0.456 e. The summed E-state index contributed by atoms with van der Waals surface area (Å²) in [5.41, 5.74) is 17.5. The predicted octanol–water partition coefficient (Wildman–Crippen LogP) is 14.0. The molecule has 1 aliphatic carbocycles. The van der Waals surface area contributed by atoms with Crippen molar-refractivity contribution in [3.63, 3.8) is 0 Å². The lowest BCUT2D eigenvalue weighted by atomic mass is 9.74. The number of fused-ring (bicyclic) bond motifs is 6. The Morgan fingerprint density at radius 1 is 0.368 bits per heavy atom. The van der Waals surface area contributed by atoms with Crippen LogP contribution in [0.2, 0.25) is 0 Å². The molecule has 0 N–H and O–H groups in total. The highest BCUT2D eigenvalue weighted by molar-refractivity contribution is 6.06. The lowest BCUT2D eigenvalue weighted by Crippen LogP contribution is -2.22. The summed E-state index contributed by atoms with van der Waals surface area (Å²) in [6, 6.07) is 71.2. The number of furan rings is 1. The maximum atomic E-state index is 6.09. The Kier molecular flexibility index (Phi) is 7.61. The molecule has 10 aromatic rings. The summed E-state index contributed by atoms with van der Waals surface area (Å²) in [6.07, 6.45) is 0. The molecule has 0 atom stereocenters. The smallest absolute Gasteiger partial charge is 0.160 e. The van der Waals surface area contributed by atoms with Crippen molar-refractivity contribution in [3.05, 3.63) is 217 Å². The molecule has 11 rings (SSSR count). The molecule has 0 saturated heterocycles. The van der Waals surface area contributed by atoms with Gasteiger partial charge in [-0.05, 0) is 93.4 Å². The summed E-state index contributed by atoms with van der Waals surface area (Å²) in [5, 5.41) is 2.25. The van der Waals surface area contributed by atoms with Crippen LogP contribution < -0.4 is 0 Å². The zero-order chi connectivity index (χ0) is 37.9. The molecule has 3 heteroatoms. The van der Waals surface area contributed by atoms with Crippen LogP contribution in [-0.4, -0.2) is 9.97 Å². The van der Waals surface area contributed by atoms with Crippen LogP contribution in [0.15, 0.2) is 205 Å². The fourth-order valence-corrected chi connectivity index (χ4v) is 8.83. The summed E-state index contributed by atoms with van der Waals surface area (Å²) >= 11 is 0. The lowest BCUT2D eigenvalue weighted by molar-refractivity contribution is 0.669. The fraction of sp³-hybridized carbons (Fsp3) is 0.0370. The highest BCUT2D eigenvalue weighted by Gasteiger charge is 2.40. The van der Waals surface area contributed by atoms with E-state index in [0.717, 1.165) is 66.7 Å². The molecule has 0 radical (unpaired) electrons. The molecular weight excluding hydrogens is 693 g/mol. The second-order valence-corrected chi connectivity index (χ2v) is 15.1. The largest absolute Gasteiger partial charge is 0.456 e. The number of benzene rings is 8. The van der Waals surface area contributed by atoms with E-state index < -0.39 is 0 Å². The van der Waals surface area contributed by atoms with Crippen molar-refractivity contribution in [2.24, 2.45) is 0 Å². The van der Waals surface area contributed by atoms with Crippen molar-refractivity contribution in [1.29, 1.82) is 0 Å². The van der Waals surface area contributed by atoms with Gasteiger partial charge in [-0.15, -0.1) is 0 Å². The Labute approximate surface area is 331 Å². The van der Waals surface area contributed by atoms with Gasteiger partial charge in [-0.25, -0.2) is 9.97 Å². The van der Waals surface area contributed by atoms with Crippen LogP contribution >= 0.6 is 0 Å². The number of aromatic nitrogens is 2. The molecular formula is C54H36N2O. The summed E-state index contributed by atoms with van der Waals surface area (Å²) in [4.78, 5) is 10.3. The highest BCUT2D eigenvalue weighted by Crippen LogP contribution is 2.52. The van der Waals surface area contributed by atoms with Gasteiger partial charge in [0.25, 0.3) is 0 Å². The molecule has 0 fully saturated rings. The predicted molar refractivity (Wildman–Crippen MR) is 234 cm³/mol. The topological polar surface area (TPSA) is 38.9 Å². The third-order valence-corrected chi connectivity index (χ3v) is 11.8. The second kappa shape index (κ2) is 13.1. The zero-order valence-electron chi connectivity index (χ0n) is 31.4. The number of nitrogens with zero attached hydrogens (tertiary/aromatic N) is 2. The summed E-state index contributed by atoms with van der Waals surface area (Å²) < 4.78 is 6.09. The van der Waals surface area contributed by atoms with E-state index in [-0.39, 0.29) is 5.41 Å². The highest BCUT2D eigenvalue weighted by atomic mass is 16.3. The van der Waals surface area contributed by atoms with Crippen LogP contribution in [0.25, 0.3) is 89.2 Å². The first-order valence-corrected chi connectivity index (χ1v) is 19.5. The molecule has 268 valence electrons. The third-order valence-electron chi connectivity index (χ3n) is 11.8. The van der Waals surface area contributed by atoms with Gasteiger partial charge in [0.05, 0.1) is 11.4 Å². The summed E-state index contributed by atoms with van der Waals surface area (Å²) in [5.74, 6) is 0.698. The van der Waals surface area contributed by atoms with Crippen molar-refractivity contribution >= 4 is 21.9 Å². The second-order valence-electron chi connectivity index (χ2n) is 15.1. The van der Waals surface area contributed by atoms with Gasteiger partial charge in [-0.2, -0.15) is 0 Å². The maximum absolute atomic E-state index is 6.09. The normalized spacial score (nSPS) is 12.8. The van der Waals surface area contributed by atoms with E-state index in [2.05, 4.69) is 177 Å². The molecule has 2 aromatic heterocycles. The van der Waals surface area contributed by atoms with Crippen LogP contribution in [0, 0.1) is 0 Å². The SMILES string of the molecule is CC1(c2cccc(-c3cccc(-c4cc(-c5ccc(-c6ccc7oc8ccccc8c7c6)cc5)nc(-c5ccccc5)n4)c3)c2)c2ccccc2-c2ccccc21. The Morgan fingerprint density at radius 2 is 0.912 bits per heavy atom. The van der Waals surface area contributed by atoms with E-state index in [1.165, 1.54) is 33.4 Å². The molecule has 1 aliphatic rings. The Hall–Kier alpha value is -7.36. The molecule has 8 aromatic carbocycles. The molecule has 57 heavy (non-hydrogen) atoms. The maximum Gasteiger partial charge on any atom is 0.160 e. The number of rotatable bonds is 6. The first kappa shape index (κ1) is 33.0.